The summed E-state index contributed by atoms with van der Waals surface area (Å²) in [5.41, 5.74) is 0.581. The van der Waals surface area contributed by atoms with Crippen LogP contribution in [0.1, 0.15) is 38.0 Å². The van der Waals surface area contributed by atoms with Crippen LogP contribution in [0.3, 0.4) is 0 Å². The molecule has 0 spiro atoms. The summed E-state index contributed by atoms with van der Waals surface area (Å²) in [4.78, 5) is 4.37. The molecule has 0 amide bonds. The smallest absolute Gasteiger partial charge is 0.228 e. The van der Waals surface area contributed by atoms with E-state index in [1.54, 1.807) is 18.2 Å². The molecule has 1 N–H and O–H groups in total. The Morgan fingerprint density at radius 3 is 2.71 bits per heavy atom. The van der Waals surface area contributed by atoms with E-state index < -0.39 is 0 Å². The zero-order valence-corrected chi connectivity index (χ0v) is 12.8. The molecule has 0 aliphatic rings. The van der Waals surface area contributed by atoms with Crippen molar-refractivity contribution in [1.29, 1.82) is 0 Å². The highest BCUT2D eigenvalue weighted by Gasteiger charge is 2.17. The van der Waals surface area contributed by atoms with Gasteiger partial charge in [-0.3, -0.25) is 0 Å². The summed E-state index contributed by atoms with van der Waals surface area (Å²) in [5, 5.41) is 7.36. The molecule has 0 bridgehead atoms. The standard InChI is InChI=1S/C16H22FN3O/c1-4-18-14(11(2)3)10-16-19-15(20-21-16)9-12-7-5-6-8-13(12)17/h5-8,11,14,18H,4,9-10H2,1-3H3. The number of nitrogens with zero attached hydrogens (tertiary/aromatic N) is 2. The van der Waals surface area contributed by atoms with Crippen LogP contribution in [-0.2, 0) is 12.8 Å². The molecule has 21 heavy (non-hydrogen) atoms. The Labute approximate surface area is 124 Å². The van der Waals surface area contributed by atoms with Crippen LogP contribution in [0.15, 0.2) is 28.8 Å². The van der Waals surface area contributed by atoms with Crippen molar-refractivity contribution in [3.8, 4) is 0 Å². The lowest BCUT2D eigenvalue weighted by atomic mass is 10.0. The van der Waals surface area contributed by atoms with Gasteiger partial charge in [-0.25, -0.2) is 4.39 Å². The van der Waals surface area contributed by atoms with Gasteiger partial charge in [-0.2, -0.15) is 4.98 Å². The Hall–Kier alpha value is -1.75. The van der Waals surface area contributed by atoms with E-state index in [0.29, 0.717) is 42.1 Å². The van der Waals surface area contributed by atoms with Crippen molar-refractivity contribution < 1.29 is 8.91 Å². The minimum atomic E-state index is -0.239. The molecule has 2 rings (SSSR count). The predicted octanol–water partition coefficient (Wildman–Crippen LogP) is 2.98. The number of likely N-dealkylation sites (N-methyl/N-ethyl adjacent to an activating group) is 1. The van der Waals surface area contributed by atoms with Crippen molar-refractivity contribution in [3.05, 3.63) is 47.4 Å². The quantitative estimate of drug-likeness (QED) is 0.852. The molecule has 1 aromatic heterocycles. The number of aromatic nitrogens is 2. The van der Waals surface area contributed by atoms with Crippen LogP contribution in [0, 0.1) is 11.7 Å². The third kappa shape index (κ3) is 4.36. The zero-order valence-electron chi connectivity index (χ0n) is 12.8. The molecular formula is C16H22FN3O. The van der Waals surface area contributed by atoms with Crippen LogP contribution < -0.4 is 5.32 Å². The van der Waals surface area contributed by atoms with E-state index in [-0.39, 0.29) is 5.82 Å². The van der Waals surface area contributed by atoms with Gasteiger partial charge in [0.05, 0.1) is 0 Å². The molecule has 5 heteroatoms. The van der Waals surface area contributed by atoms with Crippen LogP contribution in [0.4, 0.5) is 4.39 Å². The normalized spacial score (nSPS) is 12.8. The van der Waals surface area contributed by atoms with Gasteiger partial charge in [0.2, 0.25) is 5.89 Å². The number of benzene rings is 1. The monoisotopic (exact) mass is 291 g/mol. The highest BCUT2D eigenvalue weighted by molar-refractivity contribution is 5.20. The van der Waals surface area contributed by atoms with Gasteiger partial charge >= 0.3 is 0 Å². The third-order valence-electron chi connectivity index (χ3n) is 3.48. The molecule has 1 aromatic carbocycles. The van der Waals surface area contributed by atoms with Gasteiger partial charge in [-0.15, -0.1) is 0 Å². The average Bonchev–Trinajstić information content (AvgIpc) is 2.88. The van der Waals surface area contributed by atoms with Crippen molar-refractivity contribution in [1.82, 2.24) is 15.5 Å². The third-order valence-corrected chi connectivity index (χ3v) is 3.48. The zero-order chi connectivity index (χ0) is 15.2. The second kappa shape index (κ2) is 7.31. The molecule has 1 heterocycles. The molecule has 0 saturated carbocycles. The number of halogens is 1. The molecule has 0 fully saturated rings. The van der Waals surface area contributed by atoms with E-state index in [0.717, 1.165) is 6.54 Å². The van der Waals surface area contributed by atoms with Gasteiger partial charge < -0.3 is 9.84 Å². The Morgan fingerprint density at radius 2 is 2.05 bits per heavy atom. The fourth-order valence-corrected chi connectivity index (χ4v) is 2.25. The van der Waals surface area contributed by atoms with Crippen molar-refractivity contribution in [3.63, 3.8) is 0 Å². The molecule has 1 atom stereocenters. The van der Waals surface area contributed by atoms with E-state index in [1.807, 2.05) is 0 Å². The molecule has 0 saturated heterocycles. The van der Waals surface area contributed by atoms with Crippen LogP contribution in [0.25, 0.3) is 0 Å². The van der Waals surface area contributed by atoms with Gasteiger partial charge in [-0.1, -0.05) is 44.1 Å². The Morgan fingerprint density at radius 1 is 1.29 bits per heavy atom. The second-order valence-corrected chi connectivity index (χ2v) is 5.48. The van der Waals surface area contributed by atoms with Gasteiger partial charge in [0.15, 0.2) is 5.82 Å². The van der Waals surface area contributed by atoms with Crippen molar-refractivity contribution in [2.45, 2.75) is 39.7 Å². The van der Waals surface area contributed by atoms with E-state index >= 15 is 0 Å². The number of hydrogen-bond donors (Lipinski definition) is 1. The van der Waals surface area contributed by atoms with Crippen molar-refractivity contribution >= 4 is 0 Å². The van der Waals surface area contributed by atoms with Crippen LogP contribution >= 0.6 is 0 Å². The molecule has 0 radical (unpaired) electrons. The molecule has 2 aromatic rings. The fourth-order valence-electron chi connectivity index (χ4n) is 2.25. The summed E-state index contributed by atoms with van der Waals surface area (Å²) in [6.45, 7) is 7.29. The predicted molar refractivity (Wildman–Crippen MR) is 79.5 cm³/mol. The number of rotatable bonds is 7. The Bertz CT molecular complexity index is 568. The maximum absolute atomic E-state index is 13.6. The van der Waals surface area contributed by atoms with Crippen LogP contribution in [-0.4, -0.2) is 22.7 Å². The largest absolute Gasteiger partial charge is 0.339 e. The lowest BCUT2D eigenvalue weighted by Crippen LogP contribution is -2.35. The minimum Gasteiger partial charge on any atom is -0.339 e. The second-order valence-electron chi connectivity index (χ2n) is 5.48. The van der Waals surface area contributed by atoms with E-state index in [4.69, 9.17) is 4.52 Å². The first-order valence-electron chi connectivity index (χ1n) is 7.38. The summed E-state index contributed by atoms with van der Waals surface area (Å²) in [6, 6.07) is 6.96. The van der Waals surface area contributed by atoms with E-state index in [2.05, 4.69) is 36.2 Å². The van der Waals surface area contributed by atoms with Crippen molar-refractivity contribution in [2.24, 2.45) is 5.92 Å². The molecule has 0 aliphatic heterocycles. The summed E-state index contributed by atoms with van der Waals surface area (Å²) in [6.07, 6.45) is 1.04. The molecule has 0 aliphatic carbocycles. The van der Waals surface area contributed by atoms with Gasteiger partial charge in [-0.05, 0) is 24.1 Å². The molecule has 1 unspecified atom stereocenters. The number of nitrogens with one attached hydrogen (secondary N) is 1. The maximum Gasteiger partial charge on any atom is 0.228 e. The van der Waals surface area contributed by atoms with E-state index in [1.165, 1.54) is 6.07 Å². The summed E-state index contributed by atoms with van der Waals surface area (Å²) >= 11 is 0. The van der Waals surface area contributed by atoms with Gasteiger partial charge in [0, 0.05) is 18.9 Å². The van der Waals surface area contributed by atoms with Crippen LogP contribution in [0.2, 0.25) is 0 Å². The summed E-state index contributed by atoms with van der Waals surface area (Å²) in [7, 11) is 0. The highest BCUT2D eigenvalue weighted by Crippen LogP contribution is 2.13. The molecular weight excluding hydrogens is 269 g/mol. The summed E-state index contributed by atoms with van der Waals surface area (Å²) < 4.78 is 18.9. The lowest BCUT2D eigenvalue weighted by molar-refractivity contribution is 0.327. The van der Waals surface area contributed by atoms with Crippen molar-refractivity contribution in [2.75, 3.05) is 6.54 Å². The van der Waals surface area contributed by atoms with Gasteiger partial charge in [0.25, 0.3) is 0 Å². The van der Waals surface area contributed by atoms with Gasteiger partial charge in [0.1, 0.15) is 5.82 Å². The summed E-state index contributed by atoms with van der Waals surface area (Å²) in [5.74, 6) is 1.36. The Balaban J connectivity index is 2.03. The highest BCUT2D eigenvalue weighted by atomic mass is 19.1. The van der Waals surface area contributed by atoms with E-state index in [9.17, 15) is 4.39 Å². The number of hydrogen-bond acceptors (Lipinski definition) is 4. The Kier molecular flexibility index (Phi) is 5.44. The lowest BCUT2D eigenvalue weighted by Gasteiger charge is -2.19. The first kappa shape index (κ1) is 15.6. The average molecular weight is 291 g/mol. The first-order chi connectivity index (χ1) is 10.1. The topological polar surface area (TPSA) is 51.0 Å². The molecule has 114 valence electrons. The maximum atomic E-state index is 13.6. The van der Waals surface area contributed by atoms with Crippen LogP contribution in [0.5, 0.6) is 0 Å². The first-order valence-corrected chi connectivity index (χ1v) is 7.38. The SMILES string of the molecule is CCNC(Cc1nc(Cc2ccccc2F)no1)C(C)C. The molecule has 4 nitrogen and oxygen atoms in total. The minimum absolute atomic E-state index is 0.239. The fraction of sp³-hybridized carbons (Fsp3) is 0.500.